The molecule has 0 aromatic carbocycles. The quantitative estimate of drug-likeness (QED) is 0.508. The number of hydrogen-bond donors (Lipinski definition) is 0. The molecule has 27 heavy (non-hydrogen) atoms. The van der Waals surface area contributed by atoms with Crippen molar-refractivity contribution in [1.29, 1.82) is 0 Å². The van der Waals surface area contributed by atoms with Crippen LogP contribution >= 0.6 is 0 Å². The highest BCUT2D eigenvalue weighted by Gasteiger charge is 2.67. The molecular weight excluding hydrogens is 348 g/mol. The molecule has 8 aliphatic carbocycles. The molecule has 0 aliphatic heterocycles. The van der Waals surface area contributed by atoms with Crippen molar-refractivity contribution in [3.05, 3.63) is 0 Å². The highest BCUT2D eigenvalue weighted by Crippen LogP contribution is 2.69. The Hall–Kier alpha value is 0.137. The molecule has 0 aromatic heterocycles. The molecule has 8 aliphatic rings. The van der Waals surface area contributed by atoms with Gasteiger partial charge in [-0.2, -0.15) is 0 Å². The summed E-state index contributed by atoms with van der Waals surface area (Å²) in [6.07, 6.45) is 15.2. The third kappa shape index (κ3) is 2.63. The molecule has 0 radical (unpaired) electrons. The molecule has 152 valence electrons. The Balaban J connectivity index is 1.40. The van der Waals surface area contributed by atoms with Crippen molar-refractivity contribution in [2.75, 3.05) is 13.2 Å². The predicted octanol–water partition coefficient (Wildman–Crippen LogP) is 6.15. The molecule has 2 nitrogen and oxygen atoms in total. The van der Waals surface area contributed by atoms with Gasteiger partial charge in [-0.25, -0.2) is 0 Å². The van der Waals surface area contributed by atoms with E-state index in [-0.39, 0.29) is 0 Å². The first-order valence-electron chi connectivity index (χ1n) is 12.5. The summed E-state index contributed by atoms with van der Waals surface area (Å²) in [5, 5.41) is 0. The molecule has 8 saturated carbocycles. The first-order chi connectivity index (χ1) is 13.2. The van der Waals surface area contributed by atoms with Crippen LogP contribution in [0.4, 0.5) is 0 Å². The van der Waals surface area contributed by atoms with Crippen LogP contribution < -0.4 is 0 Å². The summed E-state index contributed by atoms with van der Waals surface area (Å²) in [6, 6.07) is 0. The maximum Gasteiger partial charge on any atom is 0.345 e. The molecule has 0 spiro atoms. The third-order valence-electron chi connectivity index (χ3n) is 10.1. The van der Waals surface area contributed by atoms with Gasteiger partial charge in [-0.05, 0) is 125 Å². The van der Waals surface area contributed by atoms with Crippen molar-refractivity contribution >= 4 is 8.56 Å². The smallest absolute Gasteiger partial charge is 0.345 e. The topological polar surface area (TPSA) is 18.5 Å². The summed E-state index contributed by atoms with van der Waals surface area (Å²) < 4.78 is 14.1. The van der Waals surface area contributed by atoms with Crippen molar-refractivity contribution in [2.45, 2.75) is 89.1 Å². The monoisotopic (exact) mass is 388 g/mol. The zero-order chi connectivity index (χ0) is 18.2. The van der Waals surface area contributed by atoms with Gasteiger partial charge >= 0.3 is 8.56 Å². The second-order valence-electron chi connectivity index (χ2n) is 11.5. The van der Waals surface area contributed by atoms with Gasteiger partial charge in [0, 0.05) is 24.3 Å². The SMILES string of the molecule is CCO[Si](OCC)(C1C2CC3CC(C2)CC1C3)C1C2CC3CC(C2)CC1C3. The van der Waals surface area contributed by atoms with Crippen LogP contribution in [0.3, 0.4) is 0 Å². The van der Waals surface area contributed by atoms with Gasteiger partial charge in [0.05, 0.1) is 0 Å². The van der Waals surface area contributed by atoms with Gasteiger partial charge in [-0.1, -0.05) is 0 Å². The zero-order valence-corrected chi connectivity index (χ0v) is 18.6. The molecule has 8 fully saturated rings. The van der Waals surface area contributed by atoms with E-state index in [1.54, 1.807) is 12.8 Å². The molecule has 8 rings (SSSR count). The second-order valence-corrected chi connectivity index (χ2v) is 14.9. The summed E-state index contributed by atoms with van der Waals surface area (Å²) in [4.78, 5) is 0. The van der Waals surface area contributed by atoms with E-state index in [4.69, 9.17) is 8.85 Å². The number of rotatable bonds is 6. The molecule has 0 unspecified atom stereocenters. The van der Waals surface area contributed by atoms with E-state index < -0.39 is 8.56 Å². The van der Waals surface area contributed by atoms with Crippen molar-refractivity contribution < 1.29 is 8.85 Å². The standard InChI is InChI=1S/C24H40O2Si/c1-3-25-27(26-4-2,23-19-7-15-5-16(9-19)10-20(23)8-15)24-21-11-17-6-18(13-21)14-22(24)12-17/h15-24H,3-14H2,1-2H3. The van der Waals surface area contributed by atoms with Crippen molar-refractivity contribution in [2.24, 2.45) is 47.3 Å². The lowest BCUT2D eigenvalue weighted by atomic mass is 9.55. The lowest BCUT2D eigenvalue weighted by Crippen LogP contribution is -2.64. The van der Waals surface area contributed by atoms with E-state index in [1.807, 2.05) is 0 Å². The van der Waals surface area contributed by atoms with E-state index in [0.717, 1.165) is 71.6 Å². The molecule has 0 aromatic rings. The summed E-state index contributed by atoms with van der Waals surface area (Å²) >= 11 is 0. The first-order valence-corrected chi connectivity index (χ1v) is 14.4. The van der Waals surface area contributed by atoms with Crippen LogP contribution in [0.25, 0.3) is 0 Å². The Morgan fingerprint density at radius 3 is 1.07 bits per heavy atom. The van der Waals surface area contributed by atoms with E-state index >= 15 is 0 Å². The summed E-state index contributed by atoms with van der Waals surface area (Å²) in [5.41, 5.74) is 1.65. The van der Waals surface area contributed by atoms with Crippen LogP contribution in [-0.4, -0.2) is 21.8 Å². The maximum absolute atomic E-state index is 7.04. The lowest BCUT2D eigenvalue weighted by molar-refractivity contribution is -0.0315. The summed E-state index contributed by atoms with van der Waals surface area (Å²) in [6.45, 7) is 6.29. The predicted molar refractivity (Wildman–Crippen MR) is 111 cm³/mol. The maximum atomic E-state index is 7.04. The van der Waals surface area contributed by atoms with Gasteiger partial charge < -0.3 is 8.85 Å². The molecule has 0 heterocycles. The second kappa shape index (κ2) is 6.57. The fraction of sp³-hybridized carbons (Fsp3) is 1.00. The lowest BCUT2D eigenvalue weighted by Gasteiger charge is -2.64. The number of hydrogen-bond acceptors (Lipinski definition) is 2. The average molecular weight is 389 g/mol. The van der Waals surface area contributed by atoms with Gasteiger partial charge in [-0.15, -0.1) is 0 Å². The Kier molecular flexibility index (Phi) is 4.37. The summed E-state index contributed by atoms with van der Waals surface area (Å²) in [7, 11) is -2.20. The van der Waals surface area contributed by atoms with Crippen LogP contribution in [-0.2, 0) is 8.85 Å². The Bertz CT molecular complexity index is 469. The van der Waals surface area contributed by atoms with Gasteiger partial charge in [0.15, 0.2) is 0 Å². The highest BCUT2D eigenvalue weighted by molar-refractivity contribution is 6.71. The molecule has 3 heteroatoms. The fourth-order valence-electron chi connectivity index (χ4n) is 10.3. The van der Waals surface area contributed by atoms with Crippen LogP contribution in [0, 0.1) is 47.3 Å². The van der Waals surface area contributed by atoms with Crippen molar-refractivity contribution in [3.8, 4) is 0 Å². The zero-order valence-electron chi connectivity index (χ0n) is 17.6. The molecular formula is C24H40O2Si. The minimum atomic E-state index is -2.20. The van der Waals surface area contributed by atoms with Crippen molar-refractivity contribution in [3.63, 3.8) is 0 Å². The summed E-state index contributed by atoms with van der Waals surface area (Å²) in [5.74, 6) is 8.00. The van der Waals surface area contributed by atoms with Crippen molar-refractivity contribution in [1.82, 2.24) is 0 Å². The van der Waals surface area contributed by atoms with Gasteiger partial charge in [-0.3, -0.25) is 0 Å². The van der Waals surface area contributed by atoms with Gasteiger partial charge in [0.1, 0.15) is 0 Å². The van der Waals surface area contributed by atoms with E-state index in [1.165, 1.54) is 51.4 Å². The molecule has 0 N–H and O–H groups in total. The van der Waals surface area contributed by atoms with Crippen LogP contribution in [0.5, 0.6) is 0 Å². The van der Waals surface area contributed by atoms with Crippen LogP contribution in [0.15, 0.2) is 0 Å². The molecule has 0 saturated heterocycles. The molecule has 8 bridgehead atoms. The van der Waals surface area contributed by atoms with E-state index in [0.29, 0.717) is 0 Å². The fourth-order valence-corrected chi connectivity index (χ4v) is 16.2. The normalized spacial score (nSPS) is 52.7. The van der Waals surface area contributed by atoms with E-state index in [9.17, 15) is 0 Å². The third-order valence-corrected chi connectivity index (χ3v) is 15.3. The van der Waals surface area contributed by atoms with Gasteiger partial charge in [0.2, 0.25) is 0 Å². The molecule has 0 amide bonds. The Morgan fingerprint density at radius 1 is 0.519 bits per heavy atom. The Morgan fingerprint density at radius 2 is 0.815 bits per heavy atom. The average Bonchev–Trinajstić information content (AvgIpc) is 2.60. The molecule has 0 atom stereocenters. The minimum Gasteiger partial charge on any atom is -0.394 e. The Labute approximate surface area is 167 Å². The highest BCUT2D eigenvalue weighted by atomic mass is 28.4. The van der Waals surface area contributed by atoms with Crippen LogP contribution in [0.1, 0.15) is 78.1 Å². The largest absolute Gasteiger partial charge is 0.394 e. The van der Waals surface area contributed by atoms with E-state index in [2.05, 4.69) is 13.8 Å². The first kappa shape index (κ1) is 17.9. The van der Waals surface area contributed by atoms with Gasteiger partial charge in [0.25, 0.3) is 0 Å². The minimum absolute atomic E-state index is 0.827. The van der Waals surface area contributed by atoms with Crippen LogP contribution in [0.2, 0.25) is 11.1 Å².